The van der Waals surface area contributed by atoms with E-state index in [1.54, 1.807) is 0 Å². The molecule has 0 fully saturated rings. The predicted octanol–water partition coefficient (Wildman–Crippen LogP) is 1.54. The Kier molecular flexibility index (Phi) is 1.54. The molecule has 0 bridgehead atoms. The normalized spacial score (nSPS) is 10.7. The minimum absolute atomic E-state index is 0.445. The van der Waals surface area contributed by atoms with Crippen molar-refractivity contribution in [2.45, 2.75) is 0 Å². The summed E-state index contributed by atoms with van der Waals surface area (Å²) in [6.45, 7) is 0. The zero-order valence-electron chi connectivity index (χ0n) is 5.20. The van der Waals surface area contributed by atoms with Crippen molar-refractivity contribution in [3.8, 4) is 0 Å². The van der Waals surface area contributed by atoms with Gasteiger partial charge < -0.3 is 0 Å². The van der Waals surface area contributed by atoms with Crippen molar-refractivity contribution in [1.29, 1.82) is 0 Å². The van der Waals surface area contributed by atoms with Crippen LogP contribution >= 0.6 is 27.5 Å². The summed E-state index contributed by atoms with van der Waals surface area (Å²) < 4.78 is 2.14. The maximum Gasteiger partial charge on any atom is 0.189 e. The van der Waals surface area contributed by atoms with E-state index in [2.05, 4.69) is 31.0 Å². The van der Waals surface area contributed by atoms with Crippen molar-refractivity contribution < 1.29 is 0 Å². The summed E-state index contributed by atoms with van der Waals surface area (Å²) in [5, 5.41) is 4.33. The van der Waals surface area contributed by atoms with Crippen LogP contribution in [0.2, 0.25) is 5.15 Å². The monoisotopic (exact) mass is 232 g/mol. The van der Waals surface area contributed by atoms with Crippen molar-refractivity contribution in [3.05, 3.63) is 22.3 Å². The lowest BCUT2D eigenvalue weighted by atomic mass is 10.7. The second kappa shape index (κ2) is 2.42. The smallest absolute Gasteiger partial charge is 0.189 e. The molecule has 2 rings (SSSR count). The van der Waals surface area contributed by atoms with Crippen LogP contribution in [0.25, 0.3) is 5.65 Å². The first-order valence-corrected chi connectivity index (χ1v) is 3.96. The van der Waals surface area contributed by atoms with Crippen molar-refractivity contribution in [3.63, 3.8) is 0 Å². The Morgan fingerprint density at radius 2 is 2.27 bits per heavy atom. The molecule has 4 nitrogen and oxygen atoms in total. The van der Waals surface area contributed by atoms with Crippen LogP contribution in [0.15, 0.2) is 17.1 Å². The molecule has 0 amide bonds. The number of fused-ring (bicyclic) bond motifs is 1. The average molecular weight is 233 g/mol. The first kappa shape index (κ1) is 7.00. The molecule has 11 heavy (non-hydrogen) atoms. The maximum atomic E-state index is 5.75. The van der Waals surface area contributed by atoms with Gasteiger partial charge in [-0.1, -0.05) is 11.6 Å². The van der Waals surface area contributed by atoms with Gasteiger partial charge in [-0.05, 0) is 15.9 Å². The molecule has 0 spiro atoms. The summed E-state index contributed by atoms with van der Waals surface area (Å²) in [5.74, 6) is 0. The lowest BCUT2D eigenvalue weighted by molar-refractivity contribution is 0.941. The highest BCUT2D eigenvalue weighted by Crippen LogP contribution is 2.15. The van der Waals surface area contributed by atoms with Crippen LogP contribution in [0.5, 0.6) is 0 Å². The molecule has 0 aromatic carbocycles. The van der Waals surface area contributed by atoms with Gasteiger partial charge in [0.2, 0.25) is 0 Å². The van der Waals surface area contributed by atoms with Crippen LogP contribution in [0.1, 0.15) is 0 Å². The summed E-state index contributed by atoms with van der Waals surface area (Å²) in [6, 6.07) is 0. The number of nitrogens with zero attached hydrogens (tertiary/aromatic N) is 4. The minimum atomic E-state index is 0.445. The fourth-order valence-corrected chi connectivity index (χ4v) is 1.31. The third kappa shape index (κ3) is 1.00. The first-order chi connectivity index (χ1) is 5.29. The van der Waals surface area contributed by atoms with E-state index in [4.69, 9.17) is 11.6 Å². The van der Waals surface area contributed by atoms with Crippen LogP contribution in [-0.4, -0.2) is 19.6 Å². The number of aromatic nitrogens is 4. The zero-order chi connectivity index (χ0) is 7.84. The Labute approximate surface area is 75.3 Å². The second-order valence-corrected chi connectivity index (χ2v) is 3.01. The van der Waals surface area contributed by atoms with Gasteiger partial charge in [0.15, 0.2) is 15.4 Å². The SMILES string of the molecule is Clc1cnc(Br)c2ncnn12. The Balaban J connectivity index is 2.96. The van der Waals surface area contributed by atoms with Crippen molar-refractivity contribution in [2.75, 3.05) is 0 Å². The number of hydrogen-bond acceptors (Lipinski definition) is 3. The van der Waals surface area contributed by atoms with E-state index in [1.807, 2.05) is 0 Å². The fraction of sp³-hybridized carbons (Fsp3) is 0. The Bertz CT molecular complexity index is 362. The molecule has 2 aromatic rings. The van der Waals surface area contributed by atoms with E-state index < -0.39 is 0 Å². The highest BCUT2D eigenvalue weighted by Gasteiger charge is 2.04. The number of rotatable bonds is 0. The van der Waals surface area contributed by atoms with E-state index in [1.165, 1.54) is 17.0 Å². The van der Waals surface area contributed by atoms with Gasteiger partial charge in [-0.3, -0.25) is 0 Å². The predicted molar refractivity (Wildman–Crippen MR) is 43.5 cm³/mol. The summed E-state index contributed by atoms with van der Waals surface area (Å²) >= 11 is 8.96. The molecule has 2 heterocycles. The molecule has 2 aromatic heterocycles. The molecule has 0 radical (unpaired) electrons. The van der Waals surface area contributed by atoms with Gasteiger partial charge in [0.1, 0.15) is 6.33 Å². The topological polar surface area (TPSA) is 43.1 Å². The van der Waals surface area contributed by atoms with Gasteiger partial charge in [0, 0.05) is 0 Å². The Morgan fingerprint density at radius 1 is 1.45 bits per heavy atom. The molecule has 0 atom stereocenters. The summed E-state index contributed by atoms with van der Waals surface area (Å²) in [6.07, 6.45) is 2.93. The first-order valence-electron chi connectivity index (χ1n) is 2.79. The van der Waals surface area contributed by atoms with Gasteiger partial charge in [-0.15, -0.1) is 0 Å². The molecule has 0 saturated heterocycles. The summed E-state index contributed by atoms with van der Waals surface area (Å²) in [5.41, 5.74) is 0.623. The standard InChI is InChI=1S/C5H2BrClN4/c6-4-5-9-2-10-11(5)3(7)1-8-4/h1-2H. The molecular formula is C5H2BrClN4. The van der Waals surface area contributed by atoms with Crippen molar-refractivity contribution >= 4 is 33.2 Å². The quantitative estimate of drug-likeness (QED) is 0.693. The lowest BCUT2D eigenvalue weighted by Gasteiger charge is -1.94. The van der Waals surface area contributed by atoms with E-state index >= 15 is 0 Å². The maximum absolute atomic E-state index is 5.75. The molecule has 0 aliphatic rings. The lowest BCUT2D eigenvalue weighted by Crippen LogP contribution is -1.91. The molecule has 0 aliphatic carbocycles. The minimum Gasteiger partial charge on any atom is -0.242 e. The van der Waals surface area contributed by atoms with Crippen LogP contribution < -0.4 is 0 Å². The van der Waals surface area contributed by atoms with Gasteiger partial charge in [0.05, 0.1) is 6.20 Å². The summed E-state index contributed by atoms with van der Waals surface area (Å²) in [7, 11) is 0. The summed E-state index contributed by atoms with van der Waals surface area (Å²) in [4.78, 5) is 7.88. The van der Waals surface area contributed by atoms with Crippen molar-refractivity contribution in [2.24, 2.45) is 0 Å². The van der Waals surface area contributed by atoms with Crippen LogP contribution in [0, 0.1) is 0 Å². The van der Waals surface area contributed by atoms with Crippen LogP contribution in [0.3, 0.4) is 0 Å². The van der Waals surface area contributed by atoms with Gasteiger partial charge >= 0.3 is 0 Å². The largest absolute Gasteiger partial charge is 0.242 e. The number of hydrogen-bond donors (Lipinski definition) is 0. The van der Waals surface area contributed by atoms with E-state index in [-0.39, 0.29) is 0 Å². The second-order valence-electron chi connectivity index (χ2n) is 1.87. The third-order valence-corrected chi connectivity index (χ3v) is 2.04. The molecule has 56 valence electrons. The van der Waals surface area contributed by atoms with E-state index in [0.717, 1.165) is 0 Å². The van der Waals surface area contributed by atoms with Crippen molar-refractivity contribution in [1.82, 2.24) is 19.6 Å². The number of halogens is 2. The molecule has 6 heteroatoms. The molecule has 0 saturated carbocycles. The highest BCUT2D eigenvalue weighted by atomic mass is 79.9. The molecular weight excluding hydrogens is 231 g/mol. The fourth-order valence-electron chi connectivity index (χ4n) is 0.761. The Morgan fingerprint density at radius 3 is 3.00 bits per heavy atom. The zero-order valence-corrected chi connectivity index (χ0v) is 7.54. The van der Waals surface area contributed by atoms with E-state index in [9.17, 15) is 0 Å². The van der Waals surface area contributed by atoms with E-state index in [0.29, 0.717) is 15.4 Å². The molecule has 0 aliphatic heterocycles. The Hall–Kier alpha value is -0.680. The highest BCUT2D eigenvalue weighted by molar-refractivity contribution is 9.10. The van der Waals surface area contributed by atoms with Gasteiger partial charge in [0.25, 0.3) is 0 Å². The van der Waals surface area contributed by atoms with Crippen LogP contribution in [-0.2, 0) is 0 Å². The average Bonchev–Trinajstić information content (AvgIpc) is 2.45. The van der Waals surface area contributed by atoms with Gasteiger partial charge in [-0.2, -0.15) is 9.61 Å². The molecule has 0 unspecified atom stereocenters. The van der Waals surface area contributed by atoms with Gasteiger partial charge in [-0.25, -0.2) is 9.97 Å². The van der Waals surface area contributed by atoms with Crippen LogP contribution in [0.4, 0.5) is 0 Å². The third-order valence-electron chi connectivity index (χ3n) is 1.22. The molecule has 0 N–H and O–H groups in total.